The average molecular weight is 414 g/mol. The fourth-order valence-electron chi connectivity index (χ4n) is 2.98. The van der Waals surface area contributed by atoms with Crippen LogP contribution in [0.3, 0.4) is 0 Å². The number of rotatable bonds is 5. The molecule has 0 unspecified atom stereocenters. The van der Waals surface area contributed by atoms with E-state index in [1.807, 2.05) is 60.7 Å². The van der Waals surface area contributed by atoms with Gasteiger partial charge in [-0.2, -0.15) is 0 Å². The van der Waals surface area contributed by atoms with E-state index in [2.05, 4.69) is 4.99 Å². The third-order valence-electron chi connectivity index (χ3n) is 4.51. The van der Waals surface area contributed by atoms with Crippen LogP contribution in [-0.4, -0.2) is 27.1 Å². The smallest absolute Gasteiger partial charge is 0.335 e. The van der Waals surface area contributed by atoms with E-state index in [0.29, 0.717) is 16.6 Å². The summed E-state index contributed by atoms with van der Waals surface area (Å²) in [5.74, 6) is -1.10. The van der Waals surface area contributed by atoms with E-state index < -0.39 is 5.97 Å². The molecule has 0 atom stereocenters. The van der Waals surface area contributed by atoms with Crippen LogP contribution >= 0.6 is 11.8 Å². The molecular formula is C24H18N2O3S. The Hall–Kier alpha value is -3.64. The largest absolute Gasteiger partial charge is 0.478 e. The molecule has 1 N–H and O–H groups in total. The number of hydrogen-bond acceptors (Lipinski definition) is 4. The van der Waals surface area contributed by atoms with Gasteiger partial charge < -0.3 is 5.11 Å². The van der Waals surface area contributed by atoms with Crippen molar-refractivity contribution in [1.29, 1.82) is 0 Å². The minimum absolute atomic E-state index is 0.124. The van der Waals surface area contributed by atoms with Crippen LogP contribution < -0.4 is 0 Å². The molecule has 1 heterocycles. The van der Waals surface area contributed by atoms with E-state index in [4.69, 9.17) is 5.11 Å². The van der Waals surface area contributed by atoms with Crippen molar-refractivity contribution in [3.8, 4) is 0 Å². The Morgan fingerprint density at radius 3 is 2.20 bits per heavy atom. The maximum absolute atomic E-state index is 13.2. The molecule has 1 aliphatic heterocycles. The summed E-state index contributed by atoms with van der Waals surface area (Å²) in [7, 11) is 0. The predicted octanol–water partition coefficient (Wildman–Crippen LogP) is 5.19. The van der Waals surface area contributed by atoms with Crippen LogP contribution in [0.25, 0.3) is 6.08 Å². The Bertz CT molecular complexity index is 1120. The van der Waals surface area contributed by atoms with Gasteiger partial charge in [0.1, 0.15) is 0 Å². The molecule has 6 heteroatoms. The number of carboxylic acid groups (broad SMARTS) is 1. The molecule has 1 amide bonds. The van der Waals surface area contributed by atoms with Gasteiger partial charge in [-0.05, 0) is 53.2 Å². The van der Waals surface area contributed by atoms with Crippen LogP contribution in [0.15, 0.2) is 94.8 Å². The lowest BCUT2D eigenvalue weighted by molar-refractivity contribution is -0.122. The van der Waals surface area contributed by atoms with Gasteiger partial charge in [-0.25, -0.2) is 9.79 Å². The molecule has 148 valence electrons. The fourth-order valence-corrected chi connectivity index (χ4v) is 3.98. The summed E-state index contributed by atoms with van der Waals surface area (Å²) in [6.45, 7) is 0.424. The number of amides is 1. The highest BCUT2D eigenvalue weighted by molar-refractivity contribution is 8.18. The van der Waals surface area contributed by atoms with Gasteiger partial charge in [0.15, 0.2) is 5.17 Å². The maximum atomic E-state index is 13.2. The molecule has 0 bridgehead atoms. The SMILES string of the molecule is O=C(O)c1ccc(C=C2SC(=Nc3ccccc3)N(Cc3ccccc3)C2=O)cc1. The van der Waals surface area contributed by atoms with Gasteiger partial charge in [0.05, 0.1) is 22.7 Å². The Balaban J connectivity index is 1.67. The molecule has 1 fully saturated rings. The van der Waals surface area contributed by atoms with E-state index >= 15 is 0 Å². The van der Waals surface area contributed by atoms with Gasteiger partial charge in [-0.1, -0.05) is 60.7 Å². The zero-order valence-corrected chi connectivity index (χ0v) is 16.8. The topological polar surface area (TPSA) is 70.0 Å². The molecule has 0 radical (unpaired) electrons. The molecule has 0 aliphatic carbocycles. The lowest BCUT2D eigenvalue weighted by Crippen LogP contribution is -2.28. The number of thioether (sulfide) groups is 1. The van der Waals surface area contributed by atoms with Crippen LogP contribution in [0.1, 0.15) is 21.5 Å². The van der Waals surface area contributed by atoms with Crippen molar-refractivity contribution < 1.29 is 14.7 Å². The fraction of sp³-hybridized carbons (Fsp3) is 0.0417. The monoisotopic (exact) mass is 414 g/mol. The first kappa shape index (κ1) is 19.7. The number of carboxylic acids is 1. The third-order valence-corrected chi connectivity index (χ3v) is 5.51. The lowest BCUT2D eigenvalue weighted by Gasteiger charge is -2.15. The second-order valence-electron chi connectivity index (χ2n) is 6.64. The van der Waals surface area contributed by atoms with Crippen molar-refractivity contribution in [2.75, 3.05) is 0 Å². The second-order valence-corrected chi connectivity index (χ2v) is 7.65. The molecule has 5 nitrogen and oxygen atoms in total. The number of amidine groups is 1. The molecule has 3 aromatic rings. The van der Waals surface area contributed by atoms with Crippen molar-refractivity contribution in [3.63, 3.8) is 0 Å². The Labute approximate surface area is 178 Å². The zero-order valence-electron chi connectivity index (χ0n) is 15.9. The molecular weight excluding hydrogens is 396 g/mol. The van der Waals surface area contributed by atoms with Crippen LogP contribution in [-0.2, 0) is 11.3 Å². The minimum Gasteiger partial charge on any atom is -0.478 e. The summed E-state index contributed by atoms with van der Waals surface area (Å²) in [6.07, 6.45) is 1.77. The Morgan fingerprint density at radius 2 is 1.57 bits per heavy atom. The molecule has 3 aromatic carbocycles. The Morgan fingerprint density at radius 1 is 0.933 bits per heavy atom. The van der Waals surface area contributed by atoms with E-state index in [9.17, 15) is 9.59 Å². The molecule has 4 rings (SSSR count). The van der Waals surface area contributed by atoms with Crippen molar-refractivity contribution in [2.45, 2.75) is 6.54 Å². The van der Waals surface area contributed by atoms with E-state index in [-0.39, 0.29) is 11.5 Å². The number of aromatic carboxylic acids is 1. The number of aliphatic imine (C=N–C) groups is 1. The Kier molecular flexibility index (Phi) is 5.77. The normalized spacial score (nSPS) is 16.4. The molecule has 1 aliphatic rings. The van der Waals surface area contributed by atoms with Gasteiger partial charge in [0, 0.05) is 0 Å². The number of benzene rings is 3. The highest BCUT2D eigenvalue weighted by Gasteiger charge is 2.33. The number of carbonyl (C=O) groups is 2. The third kappa shape index (κ3) is 4.50. The predicted molar refractivity (Wildman–Crippen MR) is 119 cm³/mol. The summed E-state index contributed by atoms with van der Waals surface area (Å²) < 4.78 is 0. The van der Waals surface area contributed by atoms with Gasteiger partial charge in [-0.3, -0.25) is 9.69 Å². The van der Waals surface area contributed by atoms with Crippen molar-refractivity contribution >= 4 is 40.6 Å². The first-order valence-electron chi connectivity index (χ1n) is 9.32. The van der Waals surface area contributed by atoms with Crippen molar-refractivity contribution in [3.05, 3.63) is 107 Å². The van der Waals surface area contributed by atoms with Crippen LogP contribution in [0, 0.1) is 0 Å². The van der Waals surface area contributed by atoms with Crippen LogP contribution in [0.4, 0.5) is 5.69 Å². The maximum Gasteiger partial charge on any atom is 0.335 e. The van der Waals surface area contributed by atoms with Crippen molar-refractivity contribution in [1.82, 2.24) is 4.90 Å². The molecule has 0 aromatic heterocycles. The highest BCUT2D eigenvalue weighted by Crippen LogP contribution is 2.35. The van der Waals surface area contributed by atoms with Gasteiger partial charge in [0.2, 0.25) is 0 Å². The standard InChI is InChI=1S/C24H18N2O3S/c27-22-21(15-17-11-13-19(14-12-17)23(28)29)30-24(25-20-9-5-2-6-10-20)26(22)16-18-7-3-1-4-8-18/h1-15H,16H2,(H,28,29). The van der Waals surface area contributed by atoms with Crippen molar-refractivity contribution in [2.24, 2.45) is 4.99 Å². The number of nitrogens with zero attached hydrogens (tertiary/aromatic N) is 2. The van der Waals surface area contributed by atoms with Crippen LogP contribution in [0.5, 0.6) is 0 Å². The molecule has 30 heavy (non-hydrogen) atoms. The minimum atomic E-state index is -0.980. The highest BCUT2D eigenvalue weighted by atomic mass is 32.2. The number of para-hydroxylation sites is 1. The quantitative estimate of drug-likeness (QED) is 0.584. The van der Waals surface area contributed by atoms with E-state index in [0.717, 1.165) is 16.8 Å². The van der Waals surface area contributed by atoms with Gasteiger partial charge in [0.25, 0.3) is 5.91 Å². The average Bonchev–Trinajstić information content (AvgIpc) is 3.04. The number of carbonyl (C=O) groups excluding carboxylic acids is 1. The summed E-state index contributed by atoms with van der Waals surface area (Å²) in [5.41, 5.74) is 2.76. The summed E-state index contributed by atoms with van der Waals surface area (Å²) in [5, 5.41) is 9.67. The first-order valence-corrected chi connectivity index (χ1v) is 10.1. The van der Waals surface area contributed by atoms with E-state index in [1.165, 1.54) is 23.9 Å². The molecule has 0 saturated carbocycles. The van der Waals surface area contributed by atoms with E-state index in [1.54, 1.807) is 23.1 Å². The summed E-state index contributed by atoms with van der Waals surface area (Å²) in [4.78, 5) is 31.1. The first-order chi connectivity index (χ1) is 14.6. The zero-order chi connectivity index (χ0) is 20.9. The molecule has 1 saturated heterocycles. The van der Waals surface area contributed by atoms with Gasteiger partial charge in [-0.15, -0.1) is 0 Å². The van der Waals surface area contributed by atoms with Gasteiger partial charge >= 0.3 is 5.97 Å². The summed E-state index contributed by atoms with van der Waals surface area (Å²) >= 11 is 1.32. The lowest BCUT2D eigenvalue weighted by atomic mass is 10.1. The molecule has 0 spiro atoms. The van der Waals surface area contributed by atoms with Crippen LogP contribution in [0.2, 0.25) is 0 Å². The number of hydrogen-bond donors (Lipinski definition) is 1. The second kappa shape index (κ2) is 8.80. The summed E-state index contributed by atoms with van der Waals surface area (Å²) in [6, 6.07) is 25.7.